The lowest BCUT2D eigenvalue weighted by molar-refractivity contribution is 0.0766. The maximum atomic E-state index is 12.4. The zero-order valence-corrected chi connectivity index (χ0v) is 11.2. The molecule has 3 heteroatoms. The smallest absolute Gasteiger partial charge is 0.254 e. The molecule has 1 aromatic carbocycles. The van der Waals surface area contributed by atoms with E-state index in [2.05, 4.69) is 18.2 Å². The molecule has 19 heavy (non-hydrogen) atoms. The van der Waals surface area contributed by atoms with E-state index in [0.29, 0.717) is 6.04 Å². The molecule has 1 aliphatic heterocycles. The Balaban J connectivity index is 1.70. The van der Waals surface area contributed by atoms with Crippen molar-refractivity contribution in [2.24, 2.45) is 5.73 Å². The Morgan fingerprint density at radius 1 is 1.21 bits per heavy atom. The molecule has 0 unspecified atom stereocenters. The molecule has 0 saturated heterocycles. The van der Waals surface area contributed by atoms with Crippen molar-refractivity contribution in [2.45, 2.75) is 56.7 Å². The predicted molar refractivity (Wildman–Crippen MR) is 73.7 cm³/mol. The van der Waals surface area contributed by atoms with Crippen molar-refractivity contribution in [1.29, 1.82) is 0 Å². The van der Waals surface area contributed by atoms with Crippen LogP contribution in [0.5, 0.6) is 0 Å². The SMILES string of the molecule is NC1(c2ccc3c(c2)C(=O)N(C2CC2)C3)CCCC1. The van der Waals surface area contributed by atoms with Gasteiger partial charge in [0.15, 0.2) is 0 Å². The van der Waals surface area contributed by atoms with Gasteiger partial charge in [0.25, 0.3) is 5.91 Å². The maximum Gasteiger partial charge on any atom is 0.254 e. The lowest BCUT2D eigenvalue weighted by Crippen LogP contribution is -2.33. The van der Waals surface area contributed by atoms with Gasteiger partial charge >= 0.3 is 0 Å². The fourth-order valence-electron chi connectivity index (χ4n) is 3.61. The van der Waals surface area contributed by atoms with Crippen LogP contribution < -0.4 is 5.73 Å². The molecule has 1 aromatic rings. The third-order valence-electron chi connectivity index (χ3n) is 5.00. The molecule has 100 valence electrons. The lowest BCUT2D eigenvalue weighted by atomic mass is 9.87. The molecule has 4 rings (SSSR count). The molecule has 0 bridgehead atoms. The number of carbonyl (C=O) groups excluding carboxylic acids is 1. The quantitative estimate of drug-likeness (QED) is 0.884. The van der Waals surface area contributed by atoms with Crippen molar-refractivity contribution in [3.05, 3.63) is 34.9 Å². The summed E-state index contributed by atoms with van der Waals surface area (Å²) < 4.78 is 0. The summed E-state index contributed by atoms with van der Waals surface area (Å²) in [6.07, 6.45) is 6.85. The molecule has 0 atom stereocenters. The molecule has 2 fully saturated rings. The number of carbonyl (C=O) groups is 1. The van der Waals surface area contributed by atoms with E-state index in [4.69, 9.17) is 5.73 Å². The van der Waals surface area contributed by atoms with Crippen LogP contribution >= 0.6 is 0 Å². The third-order valence-corrected chi connectivity index (χ3v) is 5.00. The van der Waals surface area contributed by atoms with Crippen LogP contribution in [-0.2, 0) is 12.1 Å². The molecule has 1 heterocycles. The van der Waals surface area contributed by atoms with Gasteiger partial charge in [-0.2, -0.15) is 0 Å². The van der Waals surface area contributed by atoms with Crippen molar-refractivity contribution < 1.29 is 4.79 Å². The molecule has 0 radical (unpaired) electrons. The van der Waals surface area contributed by atoms with Crippen LogP contribution in [0.1, 0.15) is 60.0 Å². The van der Waals surface area contributed by atoms with Crippen LogP contribution in [0.2, 0.25) is 0 Å². The Bertz CT molecular complexity index is 542. The maximum absolute atomic E-state index is 12.4. The fourth-order valence-corrected chi connectivity index (χ4v) is 3.61. The van der Waals surface area contributed by atoms with E-state index in [0.717, 1.165) is 30.5 Å². The summed E-state index contributed by atoms with van der Waals surface area (Å²) in [5.41, 5.74) is 9.56. The van der Waals surface area contributed by atoms with Gasteiger partial charge in [0.1, 0.15) is 0 Å². The van der Waals surface area contributed by atoms with Crippen molar-refractivity contribution >= 4 is 5.91 Å². The minimum Gasteiger partial charge on any atom is -0.331 e. The molecule has 3 nitrogen and oxygen atoms in total. The Kier molecular flexibility index (Phi) is 2.31. The van der Waals surface area contributed by atoms with Gasteiger partial charge in [-0.05, 0) is 42.9 Å². The van der Waals surface area contributed by atoms with Crippen LogP contribution in [0.4, 0.5) is 0 Å². The normalized spacial score (nSPS) is 24.9. The summed E-state index contributed by atoms with van der Waals surface area (Å²) in [6.45, 7) is 0.802. The van der Waals surface area contributed by atoms with Crippen LogP contribution in [0.25, 0.3) is 0 Å². The van der Waals surface area contributed by atoms with Gasteiger partial charge in [-0.25, -0.2) is 0 Å². The van der Waals surface area contributed by atoms with E-state index in [1.54, 1.807) is 0 Å². The first kappa shape index (κ1) is 11.5. The fraction of sp³-hybridized carbons (Fsp3) is 0.562. The average molecular weight is 256 g/mol. The summed E-state index contributed by atoms with van der Waals surface area (Å²) in [5, 5.41) is 0. The summed E-state index contributed by atoms with van der Waals surface area (Å²) in [6, 6.07) is 6.85. The first-order chi connectivity index (χ1) is 9.17. The highest BCUT2D eigenvalue weighted by atomic mass is 16.2. The van der Waals surface area contributed by atoms with E-state index in [1.807, 2.05) is 4.90 Å². The van der Waals surface area contributed by atoms with Gasteiger partial charge in [-0.1, -0.05) is 25.0 Å². The number of hydrogen-bond donors (Lipinski definition) is 1. The predicted octanol–water partition coefficient (Wildman–Crippen LogP) is 2.53. The van der Waals surface area contributed by atoms with Crippen LogP contribution in [0.15, 0.2) is 18.2 Å². The zero-order chi connectivity index (χ0) is 13.0. The van der Waals surface area contributed by atoms with E-state index in [9.17, 15) is 4.79 Å². The third kappa shape index (κ3) is 1.71. The first-order valence-electron chi connectivity index (χ1n) is 7.41. The second kappa shape index (κ2) is 3.83. The number of nitrogens with zero attached hydrogens (tertiary/aromatic N) is 1. The Morgan fingerprint density at radius 2 is 1.95 bits per heavy atom. The molecular weight excluding hydrogens is 236 g/mol. The highest BCUT2D eigenvalue weighted by molar-refractivity contribution is 5.99. The molecule has 2 N–H and O–H groups in total. The van der Waals surface area contributed by atoms with Crippen molar-refractivity contribution in [3.8, 4) is 0 Å². The zero-order valence-electron chi connectivity index (χ0n) is 11.2. The Morgan fingerprint density at radius 3 is 2.63 bits per heavy atom. The minimum atomic E-state index is -0.192. The number of hydrogen-bond acceptors (Lipinski definition) is 2. The first-order valence-corrected chi connectivity index (χ1v) is 7.41. The topological polar surface area (TPSA) is 46.3 Å². The lowest BCUT2D eigenvalue weighted by Gasteiger charge is -2.24. The molecule has 0 spiro atoms. The Labute approximate surface area is 113 Å². The van der Waals surface area contributed by atoms with Crippen LogP contribution in [-0.4, -0.2) is 16.8 Å². The van der Waals surface area contributed by atoms with Gasteiger partial charge in [0.05, 0.1) is 0 Å². The van der Waals surface area contributed by atoms with Gasteiger partial charge in [-0.15, -0.1) is 0 Å². The highest BCUT2D eigenvalue weighted by Crippen LogP contribution is 2.39. The van der Waals surface area contributed by atoms with Crippen molar-refractivity contribution in [2.75, 3.05) is 0 Å². The van der Waals surface area contributed by atoms with Crippen molar-refractivity contribution in [3.63, 3.8) is 0 Å². The summed E-state index contributed by atoms with van der Waals surface area (Å²) in [5.74, 6) is 0.223. The van der Waals surface area contributed by atoms with Crippen molar-refractivity contribution in [1.82, 2.24) is 4.90 Å². The monoisotopic (exact) mass is 256 g/mol. The van der Waals surface area contributed by atoms with E-state index >= 15 is 0 Å². The summed E-state index contributed by atoms with van der Waals surface area (Å²) in [7, 11) is 0. The van der Waals surface area contributed by atoms with Crippen LogP contribution in [0.3, 0.4) is 0 Å². The number of benzene rings is 1. The van der Waals surface area contributed by atoms with Crippen LogP contribution in [0, 0.1) is 0 Å². The summed E-state index contributed by atoms with van der Waals surface area (Å²) >= 11 is 0. The van der Waals surface area contributed by atoms with Gasteiger partial charge in [0.2, 0.25) is 0 Å². The molecular formula is C16H20N2O. The van der Waals surface area contributed by atoms with Gasteiger partial charge in [-0.3, -0.25) is 4.79 Å². The molecule has 2 aliphatic carbocycles. The standard InChI is InChI=1S/C16H20N2O/c17-16(7-1-2-8-16)12-4-3-11-10-18(13-5-6-13)15(19)14(11)9-12/h3-4,9,13H,1-2,5-8,10,17H2. The second-order valence-corrected chi connectivity index (χ2v) is 6.40. The van der Waals surface area contributed by atoms with Gasteiger partial charge < -0.3 is 10.6 Å². The number of amides is 1. The molecule has 1 amide bonds. The number of rotatable bonds is 2. The van der Waals surface area contributed by atoms with E-state index in [-0.39, 0.29) is 11.4 Å². The average Bonchev–Trinajstić information content (AvgIpc) is 3.08. The van der Waals surface area contributed by atoms with Gasteiger partial charge in [0, 0.05) is 23.7 Å². The number of fused-ring (bicyclic) bond motifs is 1. The highest BCUT2D eigenvalue weighted by Gasteiger charge is 2.39. The minimum absolute atomic E-state index is 0.192. The van der Waals surface area contributed by atoms with E-state index < -0.39 is 0 Å². The largest absolute Gasteiger partial charge is 0.331 e. The molecule has 2 saturated carbocycles. The van der Waals surface area contributed by atoms with E-state index in [1.165, 1.54) is 31.2 Å². The second-order valence-electron chi connectivity index (χ2n) is 6.40. The molecule has 0 aromatic heterocycles. The number of nitrogens with two attached hydrogens (primary N) is 1. The summed E-state index contributed by atoms with van der Waals surface area (Å²) in [4.78, 5) is 14.5. The molecule has 3 aliphatic rings. The Hall–Kier alpha value is -1.35.